The number of anilines is 2. The van der Waals surface area contributed by atoms with Gasteiger partial charge in [0.1, 0.15) is 0 Å². The van der Waals surface area contributed by atoms with Crippen LogP contribution in [0.4, 0.5) is 11.4 Å². The molecule has 0 aromatic heterocycles. The maximum Gasteiger partial charge on any atom is 0.254 e. The normalized spacial score (nSPS) is 23.2. The largest absolute Gasteiger partial charge is 0.374 e. The SMILES string of the molecule is CC1=C[C@H]2[C@@H](c3ccccc3)Nc3ccccc3N2C1=O. The topological polar surface area (TPSA) is 32.3 Å². The first-order chi connectivity index (χ1) is 10.3. The number of hydrogen-bond acceptors (Lipinski definition) is 2. The first-order valence-electron chi connectivity index (χ1n) is 7.18. The second-order valence-corrected chi connectivity index (χ2v) is 5.57. The van der Waals surface area contributed by atoms with Crippen molar-refractivity contribution < 1.29 is 4.79 Å². The van der Waals surface area contributed by atoms with Gasteiger partial charge in [-0.25, -0.2) is 0 Å². The third kappa shape index (κ3) is 1.77. The zero-order valence-electron chi connectivity index (χ0n) is 11.8. The van der Waals surface area contributed by atoms with Gasteiger partial charge >= 0.3 is 0 Å². The molecule has 3 heteroatoms. The van der Waals surface area contributed by atoms with Gasteiger partial charge in [0.25, 0.3) is 5.91 Å². The molecule has 2 heterocycles. The lowest BCUT2D eigenvalue weighted by molar-refractivity contribution is -0.114. The van der Waals surface area contributed by atoms with E-state index in [2.05, 4.69) is 23.5 Å². The Morgan fingerprint density at radius 3 is 2.52 bits per heavy atom. The van der Waals surface area contributed by atoms with Gasteiger partial charge in [0.2, 0.25) is 0 Å². The molecule has 0 spiro atoms. The van der Waals surface area contributed by atoms with Crippen LogP contribution in [0.25, 0.3) is 0 Å². The Bertz CT molecular complexity index is 736. The fraction of sp³-hybridized carbons (Fsp3) is 0.167. The Kier molecular flexibility index (Phi) is 2.61. The number of fused-ring (bicyclic) bond motifs is 3. The number of nitrogens with zero attached hydrogens (tertiary/aromatic N) is 1. The first-order valence-corrected chi connectivity index (χ1v) is 7.18. The predicted molar refractivity (Wildman–Crippen MR) is 84.3 cm³/mol. The highest BCUT2D eigenvalue weighted by Gasteiger charge is 2.41. The first kappa shape index (κ1) is 12.2. The van der Waals surface area contributed by atoms with Crippen molar-refractivity contribution in [1.82, 2.24) is 0 Å². The lowest BCUT2D eigenvalue weighted by Gasteiger charge is -2.39. The fourth-order valence-electron chi connectivity index (χ4n) is 3.24. The number of para-hydroxylation sites is 2. The Morgan fingerprint density at radius 1 is 1.00 bits per heavy atom. The number of benzene rings is 2. The maximum atomic E-state index is 12.5. The van der Waals surface area contributed by atoms with Gasteiger partial charge in [-0.05, 0) is 24.6 Å². The summed E-state index contributed by atoms with van der Waals surface area (Å²) < 4.78 is 0. The second-order valence-electron chi connectivity index (χ2n) is 5.57. The number of nitrogens with one attached hydrogen (secondary N) is 1. The molecular formula is C18H16N2O. The van der Waals surface area contributed by atoms with E-state index in [9.17, 15) is 4.79 Å². The molecule has 0 radical (unpaired) electrons. The Hall–Kier alpha value is -2.55. The van der Waals surface area contributed by atoms with Gasteiger partial charge in [0, 0.05) is 5.57 Å². The quantitative estimate of drug-likeness (QED) is 0.864. The molecule has 0 bridgehead atoms. The minimum Gasteiger partial charge on any atom is -0.374 e. The summed E-state index contributed by atoms with van der Waals surface area (Å²) in [6.45, 7) is 1.89. The van der Waals surface area contributed by atoms with Gasteiger partial charge in [-0.15, -0.1) is 0 Å². The molecule has 0 aliphatic carbocycles. The number of amides is 1. The number of carbonyl (C=O) groups excluding carboxylic acids is 1. The van der Waals surface area contributed by atoms with Crippen molar-refractivity contribution >= 4 is 17.3 Å². The second kappa shape index (κ2) is 4.48. The highest BCUT2D eigenvalue weighted by atomic mass is 16.2. The average Bonchev–Trinajstić information content (AvgIpc) is 2.83. The summed E-state index contributed by atoms with van der Waals surface area (Å²) in [7, 11) is 0. The van der Waals surface area contributed by atoms with Gasteiger partial charge in [0.05, 0.1) is 23.5 Å². The van der Waals surface area contributed by atoms with Gasteiger partial charge in [-0.2, -0.15) is 0 Å². The third-order valence-electron chi connectivity index (χ3n) is 4.25. The predicted octanol–water partition coefficient (Wildman–Crippen LogP) is 3.51. The van der Waals surface area contributed by atoms with E-state index in [1.165, 1.54) is 5.56 Å². The van der Waals surface area contributed by atoms with Crippen LogP contribution >= 0.6 is 0 Å². The van der Waals surface area contributed by atoms with Crippen LogP contribution in [0.2, 0.25) is 0 Å². The van der Waals surface area contributed by atoms with Crippen LogP contribution in [0.1, 0.15) is 18.5 Å². The molecule has 0 saturated heterocycles. The van der Waals surface area contributed by atoms with Gasteiger partial charge in [-0.1, -0.05) is 48.5 Å². The molecule has 2 aliphatic rings. The minimum atomic E-state index is 0.0369. The molecule has 4 rings (SSSR count). The van der Waals surface area contributed by atoms with Crippen molar-refractivity contribution in [2.45, 2.75) is 19.0 Å². The van der Waals surface area contributed by atoms with E-state index >= 15 is 0 Å². The standard InChI is InChI=1S/C18H16N2O/c1-12-11-16-17(13-7-3-2-4-8-13)19-14-9-5-6-10-15(14)20(16)18(12)21/h2-11,16-17,19H,1H3/t16-,17+/m0/s1. The van der Waals surface area contributed by atoms with Crippen LogP contribution < -0.4 is 10.2 Å². The van der Waals surface area contributed by atoms with Crippen molar-refractivity contribution in [3.63, 3.8) is 0 Å². The van der Waals surface area contributed by atoms with E-state index in [-0.39, 0.29) is 18.0 Å². The van der Waals surface area contributed by atoms with Crippen molar-refractivity contribution in [3.05, 3.63) is 71.8 Å². The van der Waals surface area contributed by atoms with E-state index in [0.717, 1.165) is 16.9 Å². The summed E-state index contributed by atoms with van der Waals surface area (Å²) in [5, 5.41) is 3.59. The van der Waals surface area contributed by atoms with E-state index in [1.807, 2.05) is 54.3 Å². The number of hydrogen-bond donors (Lipinski definition) is 1. The summed E-state index contributed by atoms with van der Waals surface area (Å²) >= 11 is 0. The number of rotatable bonds is 1. The van der Waals surface area contributed by atoms with E-state index in [0.29, 0.717) is 0 Å². The van der Waals surface area contributed by atoms with E-state index in [4.69, 9.17) is 0 Å². The van der Waals surface area contributed by atoms with Crippen LogP contribution in [0, 0.1) is 0 Å². The number of carbonyl (C=O) groups is 1. The monoisotopic (exact) mass is 276 g/mol. The third-order valence-corrected chi connectivity index (χ3v) is 4.25. The Balaban J connectivity index is 1.86. The molecule has 0 unspecified atom stereocenters. The molecule has 0 fully saturated rings. The van der Waals surface area contributed by atoms with Crippen molar-refractivity contribution in [2.24, 2.45) is 0 Å². The molecule has 1 amide bonds. The van der Waals surface area contributed by atoms with Crippen LogP contribution in [-0.4, -0.2) is 11.9 Å². The highest BCUT2D eigenvalue weighted by molar-refractivity contribution is 6.11. The van der Waals surface area contributed by atoms with Crippen LogP contribution in [-0.2, 0) is 4.79 Å². The smallest absolute Gasteiger partial charge is 0.254 e. The molecule has 21 heavy (non-hydrogen) atoms. The van der Waals surface area contributed by atoms with Gasteiger partial charge < -0.3 is 5.32 Å². The molecular weight excluding hydrogens is 260 g/mol. The van der Waals surface area contributed by atoms with Crippen molar-refractivity contribution in [1.29, 1.82) is 0 Å². The van der Waals surface area contributed by atoms with Crippen LogP contribution in [0.3, 0.4) is 0 Å². The summed E-state index contributed by atoms with van der Waals surface area (Å²) in [5.41, 5.74) is 3.99. The molecule has 2 aliphatic heterocycles. The van der Waals surface area contributed by atoms with Gasteiger partial charge in [-0.3, -0.25) is 9.69 Å². The van der Waals surface area contributed by atoms with Crippen LogP contribution in [0.15, 0.2) is 66.2 Å². The fourth-order valence-corrected chi connectivity index (χ4v) is 3.24. The summed E-state index contributed by atoms with van der Waals surface area (Å²) in [5.74, 6) is 0.106. The maximum absolute atomic E-state index is 12.5. The lowest BCUT2D eigenvalue weighted by atomic mass is 9.95. The Labute approximate surface area is 123 Å². The van der Waals surface area contributed by atoms with Crippen molar-refractivity contribution in [2.75, 3.05) is 10.2 Å². The van der Waals surface area contributed by atoms with E-state index < -0.39 is 0 Å². The Morgan fingerprint density at radius 2 is 1.71 bits per heavy atom. The molecule has 104 valence electrons. The van der Waals surface area contributed by atoms with E-state index in [1.54, 1.807) is 0 Å². The summed E-state index contributed by atoms with van der Waals surface area (Å²) in [6, 6.07) is 18.4. The van der Waals surface area contributed by atoms with Gasteiger partial charge in [0.15, 0.2) is 0 Å². The highest BCUT2D eigenvalue weighted by Crippen LogP contribution is 2.43. The minimum absolute atomic E-state index is 0.0369. The average molecular weight is 276 g/mol. The molecule has 0 saturated carbocycles. The summed E-state index contributed by atoms with van der Waals surface area (Å²) in [4.78, 5) is 14.4. The molecule has 2 atom stereocenters. The van der Waals surface area contributed by atoms with Crippen LogP contribution in [0.5, 0.6) is 0 Å². The zero-order chi connectivity index (χ0) is 14.4. The zero-order valence-corrected chi connectivity index (χ0v) is 11.8. The summed E-state index contributed by atoms with van der Waals surface area (Å²) in [6.07, 6.45) is 2.07. The lowest BCUT2D eigenvalue weighted by Crippen LogP contribution is -2.44. The molecule has 2 aromatic carbocycles. The molecule has 2 aromatic rings. The molecule has 3 nitrogen and oxygen atoms in total. The van der Waals surface area contributed by atoms with Crippen molar-refractivity contribution in [3.8, 4) is 0 Å². The molecule has 1 N–H and O–H groups in total.